The van der Waals surface area contributed by atoms with Crippen molar-refractivity contribution in [3.8, 4) is 22.6 Å². The molecule has 2 atom stereocenters. The molecule has 0 saturated carbocycles. The van der Waals surface area contributed by atoms with Gasteiger partial charge in [-0.1, -0.05) is 76.2 Å². The van der Waals surface area contributed by atoms with E-state index in [1.54, 1.807) is 12.4 Å². The van der Waals surface area contributed by atoms with Crippen LogP contribution in [0.1, 0.15) is 38.8 Å². The Balaban J connectivity index is 2.02. The Morgan fingerprint density at radius 2 is 1.00 bits per heavy atom. The van der Waals surface area contributed by atoms with Gasteiger partial charge < -0.3 is 20.4 Å². The van der Waals surface area contributed by atoms with Crippen LogP contribution in [-0.4, -0.2) is 58.2 Å². The number of aliphatic imine (C=N–C) groups is 2. The number of hydrogen-bond acceptors (Lipinski definition) is 6. The molecule has 0 aliphatic carbocycles. The molecule has 0 radical (unpaired) electrons. The molecule has 4 aromatic carbocycles. The molecule has 0 fully saturated rings. The summed E-state index contributed by atoms with van der Waals surface area (Å²) in [6.45, 7) is 7.77. The number of aromatic hydroxyl groups is 2. The lowest BCUT2D eigenvalue weighted by molar-refractivity contribution is 0.240. The minimum absolute atomic E-state index is 0.00199. The molecule has 6 heteroatoms. The Bertz CT molecular complexity index is 1380. The van der Waals surface area contributed by atoms with Crippen molar-refractivity contribution < 1.29 is 20.4 Å². The number of phenolic OH excluding ortho intramolecular Hbond substituents is 2. The van der Waals surface area contributed by atoms with Gasteiger partial charge in [-0.25, -0.2) is 0 Å². The number of rotatable bonds is 9. The van der Waals surface area contributed by atoms with Crippen molar-refractivity contribution in [3.63, 3.8) is 0 Å². The zero-order chi connectivity index (χ0) is 27.4. The maximum atomic E-state index is 11.6. The molecule has 0 aliphatic rings. The van der Waals surface area contributed by atoms with Gasteiger partial charge in [0.25, 0.3) is 0 Å². The lowest BCUT2D eigenvalue weighted by Crippen LogP contribution is -2.17. The molecular formula is C32H36N2O4. The van der Waals surface area contributed by atoms with Crippen molar-refractivity contribution >= 4 is 34.0 Å². The second-order valence-corrected chi connectivity index (χ2v) is 10.4. The van der Waals surface area contributed by atoms with Crippen molar-refractivity contribution in [3.05, 3.63) is 71.8 Å². The van der Waals surface area contributed by atoms with Crippen molar-refractivity contribution in [2.45, 2.75) is 39.8 Å². The molecule has 0 heterocycles. The molecule has 0 spiro atoms. The molecule has 4 N–H and O–H groups in total. The summed E-state index contributed by atoms with van der Waals surface area (Å²) in [5.74, 6) is 0.266. The molecule has 0 aliphatic heterocycles. The van der Waals surface area contributed by atoms with Crippen molar-refractivity contribution in [1.82, 2.24) is 0 Å². The molecule has 4 rings (SSSR count). The third kappa shape index (κ3) is 5.42. The Hall–Kier alpha value is -3.74. The average Bonchev–Trinajstić information content (AvgIpc) is 2.90. The topological polar surface area (TPSA) is 106 Å². The van der Waals surface area contributed by atoms with Gasteiger partial charge in [0.05, 0.1) is 25.3 Å². The first-order chi connectivity index (χ1) is 18.3. The van der Waals surface area contributed by atoms with Crippen LogP contribution in [0.2, 0.25) is 0 Å². The van der Waals surface area contributed by atoms with Crippen molar-refractivity contribution in [2.75, 3.05) is 13.2 Å². The van der Waals surface area contributed by atoms with Gasteiger partial charge in [0.1, 0.15) is 11.5 Å². The fourth-order valence-corrected chi connectivity index (χ4v) is 4.63. The van der Waals surface area contributed by atoms with Gasteiger partial charge in [-0.2, -0.15) is 0 Å². The van der Waals surface area contributed by atoms with Gasteiger partial charge >= 0.3 is 0 Å². The Kier molecular flexibility index (Phi) is 8.45. The number of hydrogen-bond donors (Lipinski definition) is 4. The monoisotopic (exact) mass is 512 g/mol. The van der Waals surface area contributed by atoms with E-state index in [0.29, 0.717) is 22.3 Å². The summed E-state index contributed by atoms with van der Waals surface area (Å²) in [7, 11) is 0. The smallest absolute Gasteiger partial charge is 0.132 e. The van der Waals surface area contributed by atoms with E-state index >= 15 is 0 Å². The summed E-state index contributed by atoms with van der Waals surface area (Å²) in [5, 5.41) is 46.1. The standard InChI is InChI=1S/C32H36N2O4/c1-19(2)27(17-35)33-15-23-13-21-9-5-7-11-25(21)29(31(23)37)30-26-12-8-6-10-22(26)14-24(32(30)38)16-34-28(18-36)20(3)4/h5-16,19-20,27-28,35-38H,17-18H2,1-4H3. The van der Waals surface area contributed by atoms with Crippen LogP contribution in [-0.2, 0) is 0 Å². The highest BCUT2D eigenvalue weighted by Crippen LogP contribution is 2.47. The van der Waals surface area contributed by atoms with Crippen molar-refractivity contribution in [1.29, 1.82) is 0 Å². The van der Waals surface area contributed by atoms with E-state index < -0.39 is 0 Å². The molecule has 0 saturated heterocycles. The van der Waals surface area contributed by atoms with Gasteiger partial charge in [-0.15, -0.1) is 0 Å². The summed E-state index contributed by atoms with van der Waals surface area (Å²) >= 11 is 0. The molecule has 38 heavy (non-hydrogen) atoms. The Labute approximate surface area is 223 Å². The minimum atomic E-state index is -0.293. The third-order valence-electron chi connectivity index (χ3n) is 7.08. The van der Waals surface area contributed by atoms with Crippen LogP contribution in [0.25, 0.3) is 32.7 Å². The van der Waals surface area contributed by atoms with E-state index in [2.05, 4.69) is 9.98 Å². The van der Waals surface area contributed by atoms with Crippen LogP contribution in [0.3, 0.4) is 0 Å². The van der Waals surface area contributed by atoms with Gasteiger partial charge in [-0.05, 0) is 45.5 Å². The predicted molar refractivity (Wildman–Crippen MR) is 157 cm³/mol. The summed E-state index contributed by atoms with van der Waals surface area (Å²) < 4.78 is 0. The van der Waals surface area contributed by atoms with Crippen LogP contribution >= 0.6 is 0 Å². The predicted octanol–water partition coefficient (Wildman–Crippen LogP) is 5.94. The number of nitrogens with zero attached hydrogens (tertiary/aromatic N) is 2. The number of phenols is 2. The molecule has 0 aromatic heterocycles. The maximum Gasteiger partial charge on any atom is 0.132 e. The number of aliphatic hydroxyl groups is 2. The average molecular weight is 513 g/mol. The first-order valence-corrected chi connectivity index (χ1v) is 13.0. The summed E-state index contributed by atoms with van der Waals surface area (Å²) in [5.41, 5.74) is 2.00. The molecule has 4 aromatic rings. The Morgan fingerprint density at radius 1 is 0.632 bits per heavy atom. The van der Waals surface area contributed by atoms with Crippen LogP contribution in [0, 0.1) is 11.8 Å². The summed E-state index contributed by atoms with van der Waals surface area (Å²) in [4.78, 5) is 9.10. The SMILES string of the molecule is CC(C)C(CO)N=Cc1cc2ccccc2c(-c2c(O)c(C=NC(CO)C(C)C)cc3ccccc23)c1O. The highest BCUT2D eigenvalue weighted by Gasteiger charge is 2.22. The largest absolute Gasteiger partial charge is 0.507 e. The molecule has 0 bridgehead atoms. The highest BCUT2D eigenvalue weighted by molar-refractivity contribution is 6.14. The first kappa shape index (κ1) is 27.3. The first-order valence-electron chi connectivity index (χ1n) is 13.0. The van der Waals surface area contributed by atoms with Gasteiger partial charge in [0.2, 0.25) is 0 Å². The molecule has 2 unspecified atom stereocenters. The van der Waals surface area contributed by atoms with E-state index in [9.17, 15) is 20.4 Å². The van der Waals surface area contributed by atoms with Crippen molar-refractivity contribution in [2.24, 2.45) is 21.8 Å². The quantitative estimate of drug-likeness (QED) is 0.208. The lowest BCUT2D eigenvalue weighted by Gasteiger charge is -2.18. The summed E-state index contributed by atoms with van der Waals surface area (Å²) in [6, 6.07) is 18.6. The second-order valence-electron chi connectivity index (χ2n) is 10.4. The molecule has 198 valence electrons. The van der Waals surface area contributed by atoms with Crippen LogP contribution in [0.5, 0.6) is 11.5 Å². The third-order valence-corrected chi connectivity index (χ3v) is 7.08. The maximum absolute atomic E-state index is 11.6. The number of benzene rings is 4. The lowest BCUT2D eigenvalue weighted by atomic mass is 9.89. The normalized spacial score (nSPS) is 14.0. The van der Waals surface area contributed by atoms with Gasteiger partial charge in [0, 0.05) is 34.7 Å². The van der Waals surface area contributed by atoms with Gasteiger partial charge in [-0.3, -0.25) is 9.98 Å². The van der Waals surface area contributed by atoms with E-state index in [1.165, 1.54) is 0 Å². The molecule has 0 amide bonds. The fourth-order valence-electron chi connectivity index (χ4n) is 4.63. The molecule has 6 nitrogen and oxygen atoms in total. The van der Waals surface area contributed by atoms with E-state index in [1.807, 2.05) is 88.4 Å². The number of fused-ring (bicyclic) bond motifs is 2. The Morgan fingerprint density at radius 3 is 1.34 bits per heavy atom. The minimum Gasteiger partial charge on any atom is -0.507 e. The number of aliphatic hydroxyl groups excluding tert-OH is 2. The second kappa shape index (κ2) is 11.8. The van der Waals surface area contributed by atoms with E-state index in [-0.39, 0.29) is 48.6 Å². The van der Waals surface area contributed by atoms with E-state index in [0.717, 1.165) is 21.5 Å². The fraction of sp³-hybridized carbons (Fsp3) is 0.312. The highest BCUT2D eigenvalue weighted by atomic mass is 16.3. The van der Waals surface area contributed by atoms with Gasteiger partial charge in [0.15, 0.2) is 0 Å². The zero-order valence-corrected chi connectivity index (χ0v) is 22.3. The summed E-state index contributed by atoms with van der Waals surface area (Å²) in [6.07, 6.45) is 3.20. The van der Waals surface area contributed by atoms with E-state index in [4.69, 9.17) is 0 Å². The van der Waals surface area contributed by atoms with Crippen LogP contribution < -0.4 is 0 Å². The van der Waals surface area contributed by atoms with Crippen LogP contribution in [0.4, 0.5) is 0 Å². The molecular weight excluding hydrogens is 476 g/mol. The van der Waals surface area contributed by atoms with Crippen LogP contribution in [0.15, 0.2) is 70.6 Å². The zero-order valence-electron chi connectivity index (χ0n) is 22.3.